The SMILES string of the molecule is CCCN(CCC)CCCOc1ccc(C(=O)c2c(C(C)C)cc3ccccn23)cc1Cl. The maximum atomic E-state index is 13.4. The molecular formula is C27H35ClN2O2. The van der Waals surface area contributed by atoms with E-state index in [-0.39, 0.29) is 11.7 Å². The van der Waals surface area contributed by atoms with Crippen molar-refractivity contribution in [3.63, 3.8) is 0 Å². The second-order valence-corrected chi connectivity index (χ2v) is 9.02. The van der Waals surface area contributed by atoms with Crippen molar-refractivity contribution in [2.75, 3.05) is 26.2 Å². The number of nitrogens with zero attached hydrogens (tertiary/aromatic N) is 2. The fourth-order valence-corrected chi connectivity index (χ4v) is 4.39. The van der Waals surface area contributed by atoms with E-state index in [0.717, 1.165) is 50.0 Å². The standard InChI is InChI=1S/C27H35ClN2O2/c1-5-13-29(14-6-2)15-9-17-32-25-12-11-21(18-24(25)28)27(31)26-23(20(3)4)19-22-10-7-8-16-30(22)26/h7-8,10-12,16,18-20H,5-6,9,13-15,17H2,1-4H3. The van der Waals surface area contributed by atoms with E-state index >= 15 is 0 Å². The van der Waals surface area contributed by atoms with Crippen molar-refractivity contribution in [2.24, 2.45) is 0 Å². The third-order valence-corrected chi connectivity index (χ3v) is 5.99. The molecule has 0 aliphatic carbocycles. The van der Waals surface area contributed by atoms with Gasteiger partial charge in [-0.2, -0.15) is 0 Å². The molecule has 0 saturated carbocycles. The largest absolute Gasteiger partial charge is 0.492 e. The highest BCUT2D eigenvalue weighted by molar-refractivity contribution is 6.32. The molecule has 5 heteroatoms. The molecule has 1 aromatic carbocycles. The molecule has 0 aliphatic heterocycles. The van der Waals surface area contributed by atoms with Crippen LogP contribution in [0.1, 0.15) is 74.5 Å². The minimum absolute atomic E-state index is 0.0249. The number of hydrogen-bond acceptors (Lipinski definition) is 3. The molecule has 0 atom stereocenters. The molecule has 3 rings (SSSR count). The zero-order valence-electron chi connectivity index (χ0n) is 19.7. The minimum Gasteiger partial charge on any atom is -0.492 e. The molecule has 0 bridgehead atoms. The van der Waals surface area contributed by atoms with Crippen molar-refractivity contribution in [3.8, 4) is 5.75 Å². The maximum Gasteiger partial charge on any atom is 0.210 e. The first-order valence-electron chi connectivity index (χ1n) is 11.8. The van der Waals surface area contributed by atoms with E-state index in [1.165, 1.54) is 0 Å². The number of benzene rings is 1. The lowest BCUT2D eigenvalue weighted by Crippen LogP contribution is -2.27. The van der Waals surface area contributed by atoms with Gasteiger partial charge in [0, 0.05) is 23.8 Å². The molecule has 4 nitrogen and oxygen atoms in total. The van der Waals surface area contributed by atoms with E-state index in [4.69, 9.17) is 16.3 Å². The van der Waals surface area contributed by atoms with E-state index in [0.29, 0.717) is 28.6 Å². The number of hydrogen-bond donors (Lipinski definition) is 0. The summed E-state index contributed by atoms with van der Waals surface area (Å²) in [5.74, 6) is 0.847. The van der Waals surface area contributed by atoms with Gasteiger partial charge in [-0.15, -0.1) is 0 Å². The highest BCUT2D eigenvalue weighted by Crippen LogP contribution is 2.30. The molecule has 0 aliphatic rings. The van der Waals surface area contributed by atoms with Gasteiger partial charge in [-0.05, 0) is 80.2 Å². The van der Waals surface area contributed by atoms with Gasteiger partial charge in [-0.25, -0.2) is 0 Å². The van der Waals surface area contributed by atoms with Gasteiger partial charge in [0.15, 0.2) is 0 Å². The van der Waals surface area contributed by atoms with E-state index < -0.39 is 0 Å². The first-order valence-corrected chi connectivity index (χ1v) is 12.1. The predicted molar refractivity (Wildman–Crippen MR) is 134 cm³/mol. The van der Waals surface area contributed by atoms with Gasteiger partial charge in [0.25, 0.3) is 0 Å². The average Bonchev–Trinajstić information content (AvgIpc) is 3.17. The third kappa shape index (κ3) is 5.73. The second kappa shape index (κ2) is 11.5. The van der Waals surface area contributed by atoms with E-state index in [1.54, 1.807) is 6.07 Å². The Balaban J connectivity index is 1.71. The predicted octanol–water partition coefficient (Wildman–Crippen LogP) is 6.84. The van der Waals surface area contributed by atoms with E-state index in [1.807, 2.05) is 40.9 Å². The number of ketones is 1. The molecular weight excluding hydrogens is 420 g/mol. The molecule has 0 unspecified atom stereocenters. The van der Waals surface area contributed by atoms with Crippen LogP contribution in [-0.4, -0.2) is 41.3 Å². The van der Waals surface area contributed by atoms with Crippen LogP contribution in [0, 0.1) is 0 Å². The van der Waals surface area contributed by atoms with E-state index in [2.05, 4.69) is 38.7 Å². The summed E-state index contributed by atoms with van der Waals surface area (Å²) in [6, 6.07) is 13.4. The number of fused-ring (bicyclic) bond motifs is 1. The van der Waals surface area contributed by atoms with Crippen molar-refractivity contribution in [1.82, 2.24) is 9.30 Å². The lowest BCUT2D eigenvalue weighted by molar-refractivity contribution is 0.103. The Morgan fingerprint density at radius 2 is 1.81 bits per heavy atom. The maximum absolute atomic E-state index is 13.4. The van der Waals surface area contributed by atoms with Gasteiger partial charge >= 0.3 is 0 Å². The summed E-state index contributed by atoms with van der Waals surface area (Å²) in [6.07, 6.45) is 5.22. The van der Waals surface area contributed by atoms with Crippen molar-refractivity contribution >= 4 is 22.9 Å². The van der Waals surface area contributed by atoms with Gasteiger partial charge in [0.05, 0.1) is 17.3 Å². The Morgan fingerprint density at radius 3 is 2.47 bits per heavy atom. The molecule has 2 aromatic heterocycles. The first kappa shape index (κ1) is 24.3. The van der Waals surface area contributed by atoms with Crippen LogP contribution in [0.3, 0.4) is 0 Å². The fraction of sp³-hybridized carbons (Fsp3) is 0.444. The summed E-state index contributed by atoms with van der Waals surface area (Å²) >= 11 is 6.50. The summed E-state index contributed by atoms with van der Waals surface area (Å²) in [6.45, 7) is 12.5. The second-order valence-electron chi connectivity index (χ2n) is 8.62. The van der Waals surface area contributed by atoms with Crippen molar-refractivity contribution in [2.45, 2.75) is 52.9 Å². The summed E-state index contributed by atoms with van der Waals surface area (Å²) in [5.41, 5.74) is 3.34. The van der Waals surface area contributed by atoms with Gasteiger partial charge in [-0.3, -0.25) is 4.79 Å². The summed E-state index contributed by atoms with van der Waals surface area (Å²) in [5, 5.41) is 0.474. The Hall–Kier alpha value is -2.30. The topological polar surface area (TPSA) is 34.0 Å². The van der Waals surface area contributed by atoms with Crippen LogP contribution in [0.25, 0.3) is 5.52 Å². The highest BCUT2D eigenvalue weighted by Gasteiger charge is 2.21. The fourth-order valence-electron chi connectivity index (χ4n) is 4.16. The van der Waals surface area contributed by atoms with Gasteiger partial charge < -0.3 is 14.0 Å². The molecule has 0 saturated heterocycles. The zero-order valence-corrected chi connectivity index (χ0v) is 20.5. The lowest BCUT2D eigenvalue weighted by Gasteiger charge is -2.20. The summed E-state index contributed by atoms with van der Waals surface area (Å²) in [4.78, 5) is 15.9. The number of rotatable bonds is 12. The highest BCUT2D eigenvalue weighted by atomic mass is 35.5. The summed E-state index contributed by atoms with van der Waals surface area (Å²) in [7, 11) is 0. The number of pyridine rings is 1. The Kier molecular flexibility index (Phi) is 8.77. The van der Waals surface area contributed by atoms with Crippen LogP contribution >= 0.6 is 11.6 Å². The van der Waals surface area contributed by atoms with E-state index in [9.17, 15) is 4.79 Å². The van der Waals surface area contributed by atoms with Crippen LogP contribution in [0.15, 0.2) is 48.7 Å². The number of carbonyl (C=O) groups is 1. The smallest absolute Gasteiger partial charge is 0.210 e. The molecule has 0 N–H and O–H groups in total. The van der Waals surface area contributed by atoms with Crippen LogP contribution in [0.2, 0.25) is 5.02 Å². The van der Waals surface area contributed by atoms with Crippen LogP contribution < -0.4 is 4.74 Å². The number of aromatic nitrogens is 1. The lowest BCUT2D eigenvalue weighted by atomic mass is 9.98. The quantitative estimate of drug-likeness (QED) is 0.222. The third-order valence-electron chi connectivity index (χ3n) is 5.70. The molecule has 172 valence electrons. The summed E-state index contributed by atoms with van der Waals surface area (Å²) < 4.78 is 7.89. The van der Waals surface area contributed by atoms with Crippen LogP contribution in [0.4, 0.5) is 0 Å². The van der Waals surface area contributed by atoms with Crippen LogP contribution in [-0.2, 0) is 0 Å². The number of carbonyl (C=O) groups excluding carboxylic acids is 1. The molecule has 0 fully saturated rings. The van der Waals surface area contributed by atoms with Gasteiger partial charge in [0.1, 0.15) is 5.75 Å². The molecule has 0 amide bonds. The van der Waals surface area contributed by atoms with Crippen molar-refractivity contribution in [1.29, 1.82) is 0 Å². The average molecular weight is 455 g/mol. The normalized spacial score (nSPS) is 11.6. The molecule has 0 spiro atoms. The zero-order chi connectivity index (χ0) is 23.1. The Morgan fingerprint density at radius 1 is 1.06 bits per heavy atom. The Bertz CT molecular complexity index is 1040. The molecule has 2 heterocycles. The molecule has 3 aromatic rings. The number of ether oxygens (including phenoxy) is 1. The first-order chi connectivity index (χ1) is 15.5. The molecule has 0 radical (unpaired) electrons. The van der Waals surface area contributed by atoms with Crippen molar-refractivity contribution in [3.05, 3.63) is 70.5 Å². The minimum atomic E-state index is -0.0249. The monoisotopic (exact) mass is 454 g/mol. The van der Waals surface area contributed by atoms with Gasteiger partial charge in [-0.1, -0.05) is 45.4 Å². The molecule has 32 heavy (non-hydrogen) atoms. The Labute approximate surface area is 197 Å². The van der Waals surface area contributed by atoms with Crippen LogP contribution in [0.5, 0.6) is 5.75 Å². The van der Waals surface area contributed by atoms with Gasteiger partial charge in [0.2, 0.25) is 5.78 Å². The van der Waals surface area contributed by atoms with Crippen molar-refractivity contribution < 1.29 is 9.53 Å². The number of halogens is 1.